The number of hydrogen-bond acceptors (Lipinski definition) is 6. The van der Waals surface area contributed by atoms with E-state index >= 15 is 0 Å². The Morgan fingerprint density at radius 1 is 0.842 bits per heavy atom. The fourth-order valence-electron chi connectivity index (χ4n) is 3.76. The number of amides is 4. The van der Waals surface area contributed by atoms with Crippen LogP contribution in [0.2, 0.25) is 0 Å². The maximum absolute atomic E-state index is 13.1. The van der Waals surface area contributed by atoms with Gasteiger partial charge in [-0.25, -0.2) is 4.79 Å². The van der Waals surface area contributed by atoms with Gasteiger partial charge in [0.05, 0.1) is 20.3 Å². The summed E-state index contributed by atoms with van der Waals surface area (Å²) in [5.41, 5.74) is 1.55. The van der Waals surface area contributed by atoms with Gasteiger partial charge in [0.25, 0.3) is 5.91 Å². The molecular formula is C28H38N4O6. The molecule has 10 heteroatoms. The number of benzene rings is 2. The largest absolute Gasteiger partial charge is 0.497 e. The highest BCUT2D eigenvalue weighted by atomic mass is 16.5. The number of carbonyl (C=O) groups is 4. The number of urea groups is 1. The SMILES string of the molecule is CCC(NC(=O)[C@H](CC(C)C)NC(=O)NCc1ccccc1)C(=O)C(=O)NCc1cc(OC)ccc1OC. The fraction of sp³-hybridized carbons (Fsp3) is 0.429. The van der Waals surface area contributed by atoms with Crippen molar-refractivity contribution in [2.24, 2.45) is 5.92 Å². The first kappa shape index (κ1) is 30.1. The lowest BCUT2D eigenvalue weighted by Crippen LogP contribution is -2.55. The van der Waals surface area contributed by atoms with Gasteiger partial charge in [-0.3, -0.25) is 14.4 Å². The molecule has 2 atom stereocenters. The Bertz CT molecular complexity index is 1090. The Kier molecular flexibility index (Phi) is 12.1. The molecule has 4 N–H and O–H groups in total. The molecule has 2 aromatic carbocycles. The van der Waals surface area contributed by atoms with Gasteiger partial charge in [-0.2, -0.15) is 0 Å². The lowest BCUT2D eigenvalue weighted by atomic mass is 10.0. The average Bonchev–Trinajstić information content (AvgIpc) is 2.92. The number of hydrogen-bond donors (Lipinski definition) is 4. The summed E-state index contributed by atoms with van der Waals surface area (Å²) in [4.78, 5) is 51.0. The number of nitrogens with one attached hydrogen (secondary N) is 4. The van der Waals surface area contributed by atoms with Crippen LogP contribution in [0, 0.1) is 5.92 Å². The van der Waals surface area contributed by atoms with Gasteiger partial charge in [0.15, 0.2) is 0 Å². The van der Waals surface area contributed by atoms with Crippen LogP contribution in [0.1, 0.15) is 44.7 Å². The van der Waals surface area contributed by atoms with E-state index in [4.69, 9.17) is 9.47 Å². The van der Waals surface area contributed by atoms with Gasteiger partial charge in [0.1, 0.15) is 17.5 Å². The third-order valence-corrected chi connectivity index (χ3v) is 5.82. The van der Waals surface area contributed by atoms with Gasteiger partial charge >= 0.3 is 6.03 Å². The van der Waals surface area contributed by atoms with Crippen molar-refractivity contribution in [3.05, 3.63) is 59.7 Å². The van der Waals surface area contributed by atoms with Crippen molar-refractivity contribution < 1.29 is 28.7 Å². The van der Waals surface area contributed by atoms with Crippen molar-refractivity contribution in [3.63, 3.8) is 0 Å². The summed E-state index contributed by atoms with van der Waals surface area (Å²) < 4.78 is 10.5. The molecule has 0 fully saturated rings. The Morgan fingerprint density at radius 3 is 2.16 bits per heavy atom. The summed E-state index contributed by atoms with van der Waals surface area (Å²) >= 11 is 0. The van der Waals surface area contributed by atoms with E-state index in [1.54, 1.807) is 25.1 Å². The van der Waals surface area contributed by atoms with E-state index < -0.39 is 35.7 Å². The molecule has 0 saturated heterocycles. The van der Waals surface area contributed by atoms with Crippen LogP contribution in [-0.2, 0) is 27.5 Å². The number of ether oxygens (including phenoxy) is 2. The summed E-state index contributed by atoms with van der Waals surface area (Å²) in [5, 5.41) is 10.6. The average molecular weight is 527 g/mol. The van der Waals surface area contributed by atoms with E-state index in [1.807, 2.05) is 44.2 Å². The first-order valence-electron chi connectivity index (χ1n) is 12.6. The van der Waals surface area contributed by atoms with Crippen LogP contribution in [0.5, 0.6) is 11.5 Å². The van der Waals surface area contributed by atoms with Gasteiger partial charge in [-0.05, 0) is 42.5 Å². The lowest BCUT2D eigenvalue weighted by Gasteiger charge is -2.23. The van der Waals surface area contributed by atoms with Crippen molar-refractivity contribution >= 4 is 23.6 Å². The lowest BCUT2D eigenvalue weighted by molar-refractivity contribution is -0.140. The topological polar surface area (TPSA) is 135 Å². The van der Waals surface area contributed by atoms with Crippen molar-refractivity contribution in [1.29, 1.82) is 0 Å². The summed E-state index contributed by atoms with van der Waals surface area (Å²) in [5.74, 6) is -0.938. The van der Waals surface area contributed by atoms with Gasteiger partial charge in [-0.15, -0.1) is 0 Å². The highest BCUT2D eigenvalue weighted by Gasteiger charge is 2.29. The van der Waals surface area contributed by atoms with Gasteiger partial charge in [0, 0.05) is 18.7 Å². The zero-order valence-corrected chi connectivity index (χ0v) is 22.6. The number of carbonyl (C=O) groups excluding carboxylic acids is 4. The third kappa shape index (κ3) is 9.42. The molecule has 0 aliphatic rings. The Balaban J connectivity index is 1.99. The Hall–Kier alpha value is -4.08. The summed E-state index contributed by atoms with van der Waals surface area (Å²) in [7, 11) is 3.03. The van der Waals surface area contributed by atoms with Gasteiger partial charge < -0.3 is 30.7 Å². The van der Waals surface area contributed by atoms with Crippen LogP contribution >= 0.6 is 0 Å². The van der Waals surface area contributed by atoms with E-state index in [0.29, 0.717) is 30.0 Å². The molecule has 10 nitrogen and oxygen atoms in total. The minimum absolute atomic E-state index is 0.0362. The van der Waals surface area contributed by atoms with Crippen molar-refractivity contribution in [2.75, 3.05) is 14.2 Å². The molecule has 2 rings (SSSR count). The molecule has 38 heavy (non-hydrogen) atoms. The molecule has 0 radical (unpaired) electrons. The second kappa shape index (κ2) is 15.2. The number of ketones is 1. The molecule has 0 aliphatic heterocycles. The third-order valence-electron chi connectivity index (χ3n) is 5.82. The summed E-state index contributed by atoms with van der Waals surface area (Å²) in [6.07, 6.45) is 0.562. The maximum Gasteiger partial charge on any atom is 0.315 e. The molecular weight excluding hydrogens is 488 g/mol. The van der Waals surface area contributed by atoms with Crippen LogP contribution in [0.25, 0.3) is 0 Å². The Labute approximate surface area is 223 Å². The van der Waals surface area contributed by atoms with Crippen molar-refractivity contribution in [1.82, 2.24) is 21.3 Å². The first-order valence-corrected chi connectivity index (χ1v) is 12.6. The molecule has 0 bridgehead atoms. The quantitative estimate of drug-likeness (QED) is 0.280. The minimum Gasteiger partial charge on any atom is -0.497 e. The summed E-state index contributed by atoms with van der Waals surface area (Å²) in [6, 6.07) is 12.1. The summed E-state index contributed by atoms with van der Waals surface area (Å²) in [6.45, 7) is 5.88. The molecule has 2 aromatic rings. The van der Waals surface area contributed by atoms with Gasteiger partial charge in [-0.1, -0.05) is 51.1 Å². The number of Topliss-reactive ketones (excluding diaryl/α,β-unsaturated/α-hetero) is 1. The van der Waals surface area contributed by atoms with Crippen LogP contribution in [0.15, 0.2) is 48.5 Å². The van der Waals surface area contributed by atoms with Crippen molar-refractivity contribution in [2.45, 2.75) is 58.8 Å². The second-order valence-corrected chi connectivity index (χ2v) is 9.19. The molecule has 0 spiro atoms. The molecule has 0 aromatic heterocycles. The first-order chi connectivity index (χ1) is 18.2. The van der Waals surface area contributed by atoms with E-state index in [2.05, 4.69) is 21.3 Å². The zero-order valence-electron chi connectivity index (χ0n) is 22.6. The monoisotopic (exact) mass is 526 g/mol. The normalized spacial score (nSPS) is 12.2. The smallest absolute Gasteiger partial charge is 0.315 e. The van der Waals surface area contributed by atoms with E-state index in [1.165, 1.54) is 14.2 Å². The second-order valence-electron chi connectivity index (χ2n) is 9.19. The number of rotatable bonds is 14. The number of methoxy groups -OCH3 is 2. The predicted molar refractivity (Wildman–Crippen MR) is 144 cm³/mol. The van der Waals surface area contributed by atoms with Crippen LogP contribution < -0.4 is 30.7 Å². The molecule has 0 heterocycles. The van der Waals surface area contributed by atoms with Crippen LogP contribution in [0.4, 0.5) is 4.79 Å². The van der Waals surface area contributed by atoms with E-state index in [-0.39, 0.29) is 18.9 Å². The Morgan fingerprint density at radius 2 is 1.55 bits per heavy atom. The zero-order chi connectivity index (χ0) is 28.1. The van der Waals surface area contributed by atoms with E-state index in [0.717, 1.165) is 5.56 Å². The van der Waals surface area contributed by atoms with Gasteiger partial charge in [0.2, 0.25) is 11.7 Å². The molecule has 0 aliphatic carbocycles. The maximum atomic E-state index is 13.1. The minimum atomic E-state index is -1.04. The predicted octanol–water partition coefficient (Wildman–Crippen LogP) is 2.70. The fourth-order valence-corrected chi connectivity index (χ4v) is 3.76. The standard InChI is InChI=1S/C28H38N4O6/c1-6-22(25(33)27(35)29-17-20-15-21(37-4)12-13-24(20)38-5)31-26(34)23(14-18(2)3)32-28(36)30-16-19-10-8-7-9-11-19/h7-13,15,18,22-23H,6,14,16-17H2,1-5H3,(H,29,35)(H,31,34)(H2,30,32,36)/t22?,23-/m0/s1. The van der Waals surface area contributed by atoms with E-state index in [9.17, 15) is 19.2 Å². The highest BCUT2D eigenvalue weighted by Crippen LogP contribution is 2.23. The van der Waals surface area contributed by atoms with Crippen LogP contribution in [-0.4, -0.2) is 49.9 Å². The molecule has 1 unspecified atom stereocenters. The molecule has 0 saturated carbocycles. The highest BCUT2D eigenvalue weighted by molar-refractivity contribution is 6.38. The molecule has 206 valence electrons. The van der Waals surface area contributed by atoms with Crippen molar-refractivity contribution in [3.8, 4) is 11.5 Å². The molecule has 4 amide bonds. The van der Waals surface area contributed by atoms with Crippen LogP contribution in [0.3, 0.4) is 0 Å².